The third-order valence-corrected chi connectivity index (χ3v) is 3.19. The van der Waals surface area contributed by atoms with E-state index in [1.165, 1.54) is 6.07 Å². The van der Waals surface area contributed by atoms with Crippen molar-refractivity contribution in [2.75, 3.05) is 5.32 Å². The highest BCUT2D eigenvalue weighted by Crippen LogP contribution is 2.16. The van der Waals surface area contributed by atoms with Crippen LogP contribution in [-0.2, 0) is 0 Å². The largest absolute Gasteiger partial charge is 0.322 e. The Balaban J connectivity index is 2.25. The minimum absolute atomic E-state index is 0.0638. The molecule has 0 bridgehead atoms. The summed E-state index contributed by atoms with van der Waals surface area (Å²) in [6.45, 7) is 1.64. The summed E-state index contributed by atoms with van der Waals surface area (Å²) in [5, 5.41) is 2.68. The van der Waals surface area contributed by atoms with Crippen molar-refractivity contribution < 1.29 is 9.18 Å². The van der Waals surface area contributed by atoms with Gasteiger partial charge < -0.3 is 5.32 Å². The van der Waals surface area contributed by atoms with Crippen molar-refractivity contribution in [2.45, 2.75) is 6.92 Å². The Bertz CT molecular complexity index is 598. The first-order valence-electron chi connectivity index (χ1n) is 5.40. The fourth-order valence-electron chi connectivity index (χ4n) is 1.59. The van der Waals surface area contributed by atoms with E-state index in [-0.39, 0.29) is 5.56 Å². The topological polar surface area (TPSA) is 29.1 Å². The molecule has 0 unspecified atom stereocenters. The molecular formula is C14H11FINO. The fraction of sp³-hybridized carbons (Fsp3) is 0.0714. The van der Waals surface area contributed by atoms with Gasteiger partial charge in [0.2, 0.25) is 0 Å². The van der Waals surface area contributed by atoms with Crippen LogP contribution in [0.25, 0.3) is 0 Å². The van der Waals surface area contributed by atoms with E-state index in [1.807, 2.05) is 18.2 Å². The van der Waals surface area contributed by atoms with Gasteiger partial charge in [-0.1, -0.05) is 18.2 Å². The van der Waals surface area contributed by atoms with Crippen molar-refractivity contribution >= 4 is 34.2 Å². The molecule has 0 spiro atoms. The van der Waals surface area contributed by atoms with Crippen molar-refractivity contribution in [2.24, 2.45) is 0 Å². The lowest BCUT2D eigenvalue weighted by atomic mass is 10.1. The number of nitrogens with one attached hydrogen (secondary N) is 1. The monoisotopic (exact) mass is 355 g/mol. The maximum atomic E-state index is 13.8. The van der Waals surface area contributed by atoms with Crippen molar-refractivity contribution in [1.29, 1.82) is 0 Å². The van der Waals surface area contributed by atoms with Gasteiger partial charge in [-0.25, -0.2) is 4.39 Å². The molecule has 92 valence electrons. The Morgan fingerprint density at radius 3 is 2.67 bits per heavy atom. The Labute approximate surface area is 118 Å². The molecule has 18 heavy (non-hydrogen) atoms. The second-order valence-corrected chi connectivity index (χ2v) is 5.15. The van der Waals surface area contributed by atoms with E-state index < -0.39 is 11.7 Å². The molecule has 0 aliphatic heterocycles. The number of halogens is 2. The Kier molecular flexibility index (Phi) is 3.96. The van der Waals surface area contributed by atoms with Gasteiger partial charge in [-0.3, -0.25) is 4.79 Å². The van der Waals surface area contributed by atoms with Gasteiger partial charge in [0.05, 0.1) is 5.56 Å². The minimum atomic E-state index is -0.472. The molecule has 2 aromatic rings. The second-order valence-electron chi connectivity index (χ2n) is 3.90. The standard InChI is InChI=1S/C14H11FINO/c1-9-4-2-7-12(13(9)15)14(18)17-11-6-3-5-10(16)8-11/h2-8H,1H3,(H,17,18). The maximum Gasteiger partial charge on any atom is 0.258 e. The van der Waals surface area contributed by atoms with Gasteiger partial charge >= 0.3 is 0 Å². The number of hydrogen-bond donors (Lipinski definition) is 1. The van der Waals surface area contributed by atoms with Crippen LogP contribution in [0.15, 0.2) is 42.5 Å². The smallest absolute Gasteiger partial charge is 0.258 e. The lowest BCUT2D eigenvalue weighted by molar-refractivity contribution is 0.102. The lowest BCUT2D eigenvalue weighted by Crippen LogP contribution is -2.14. The van der Waals surface area contributed by atoms with Crippen molar-refractivity contribution in [1.82, 2.24) is 0 Å². The van der Waals surface area contributed by atoms with E-state index in [0.717, 1.165) is 3.57 Å². The van der Waals surface area contributed by atoms with Crippen LogP contribution in [0, 0.1) is 16.3 Å². The summed E-state index contributed by atoms with van der Waals surface area (Å²) < 4.78 is 14.8. The molecule has 0 atom stereocenters. The molecular weight excluding hydrogens is 344 g/mol. The summed E-state index contributed by atoms with van der Waals surface area (Å²) >= 11 is 2.15. The van der Waals surface area contributed by atoms with Crippen LogP contribution in [-0.4, -0.2) is 5.91 Å². The summed E-state index contributed by atoms with van der Waals surface area (Å²) in [7, 11) is 0. The molecule has 2 aromatic carbocycles. The molecule has 0 aromatic heterocycles. The SMILES string of the molecule is Cc1cccc(C(=O)Nc2cccc(I)c2)c1F. The summed E-state index contributed by atoms with van der Waals surface area (Å²) in [6, 6.07) is 12.1. The molecule has 1 amide bonds. The average molecular weight is 355 g/mol. The van der Waals surface area contributed by atoms with Crippen LogP contribution >= 0.6 is 22.6 Å². The van der Waals surface area contributed by atoms with Crippen LogP contribution in [0.3, 0.4) is 0 Å². The number of aryl methyl sites for hydroxylation is 1. The first kappa shape index (κ1) is 13.0. The molecule has 0 aliphatic rings. The Hall–Kier alpha value is -1.43. The first-order chi connectivity index (χ1) is 8.58. The van der Waals surface area contributed by atoms with Gasteiger partial charge in [-0.2, -0.15) is 0 Å². The fourth-order valence-corrected chi connectivity index (χ4v) is 2.13. The normalized spacial score (nSPS) is 10.2. The summed E-state index contributed by atoms with van der Waals surface area (Å²) in [4.78, 5) is 11.9. The predicted octanol–water partition coefficient (Wildman–Crippen LogP) is 3.99. The highest BCUT2D eigenvalue weighted by molar-refractivity contribution is 14.1. The number of anilines is 1. The molecule has 2 rings (SSSR count). The predicted molar refractivity (Wildman–Crippen MR) is 78.2 cm³/mol. The minimum Gasteiger partial charge on any atom is -0.322 e. The van der Waals surface area contributed by atoms with Crippen LogP contribution in [0.2, 0.25) is 0 Å². The van der Waals surface area contributed by atoms with Gasteiger partial charge in [0.15, 0.2) is 0 Å². The number of hydrogen-bond acceptors (Lipinski definition) is 1. The summed E-state index contributed by atoms with van der Waals surface area (Å²) in [6.07, 6.45) is 0. The number of carbonyl (C=O) groups excluding carboxylic acids is 1. The second kappa shape index (κ2) is 5.48. The van der Waals surface area contributed by atoms with Crippen LogP contribution < -0.4 is 5.32 Å². The van der Waals surface area contributed by atoms with Gasteiger partial charge in [-0.15, -0.1) is 0 Å². The average Bonchev–Trinajstić information content (AvgIpc) is 2.32. The molecule has 0 saturated heterocycles. The summed E-state index contributed by atoms with van der Waals surface area (Å²) in [5.74, 6) is -0.904. The van der Waals surface area contributed by atoms with Gasteiger partial charge in [-0.05, 0) is 59.3 Å². The molecule has 0 fully saturated rings. The van der Waals surface area contributed by atoms with Gasteiger partial charge in [0.1, 0.15) is 5.82 Å². The lowest BCUT2D eigenvalue weighted by Gasteiger charge is -2.07. The molecule has 1 N–H and O–H groups in total. The van der Waals surface area contributed by atoms with E-state index >= 15 is 0 Å². The van der Waals surface area contributed by atoms with E-state index in [2.05, 4.69) is 27.9 Å². The highest BCUT2D eigenvalue weighted by atomic mass is 127. The summed E-state index contributed by atoms with van der Waals surface area (Å²) in [5.41, 5.74) is 1.19. The van der Waals surface area contributed by atoms with Crippen LogP contribution in [0.4, 0.5) is 10.1 Å². The van der Waals surface area contributed by atoms with Gasteiger partial charge in [0.25, 0.3) is 5.91 Å². The number of carbonyl (C=O) groups is 1. The van der Waals surface area contributed by atoms with Crippen molar-refractivity contribution in [3.8, 4) is 0 Å². The first-order valence-corrected chi connectivity index (χ1v) is 6.48. The van der Waals surface area contributed by atoms with E-state index in [4.69, 9.17) is 0 Å². The van der Waals surface area contributed by atoms with Crippen molar-refractivity contribution in [3.63, 3.8) is 0 Å². The highest BCUT2D eigenvalue weighted by Gasteiger charge is 2.13. The molecule has 0 radical (unpaired) electrons. The zero-order valence-corrected chi connectivity index (χ0v) is 11.9. The quantitative estimate of drug-likeness (QED) is 0.811. The van der Waals surface area contributed by atoms with Crippen LogP contribution in [0.5, 0.6) is 0 Å². The number of benzene rings is 2. The zero-order valence-electron chi connectivity index (χ0n) is 9.71. The third-order valence-electron chi connectivity index (χ3n) is 2.52. The molecule has 2 nitrogen and oxygen atoms in total. The van der Waals surface area contributed by atoms with E-state index in [1.54, 1.807) is 25.1 Å². The van der Waals surface area contributed by atoms with E-state index in [0.29, 0.717) is 11.3 Å². The van der Waals surface area contributed by atoms with E-state index in [9.17, 15) is 9.18 Å². The number of rotatable bonds is 2. The Morgan fingerprint density at radius 1 is 1.22 bits per heavy atom. The zero-order chi connectivity index (χ0) is 13.1. The van der Waals surface area contributed by atoms with Gasteiger partial charge in [0, 0.05) is 9.26 Å². The van der Waals surface area contributed by atoms with Crippen molar-refractivity contribution in [3.05, 3.63) is 63.0 Å². The van der Waals surface area contributed by atoms with Crippen LogP contribution in [0.1, 0.15) is 15.9 Å². The maximum absolute atomic E-state index is 13.8. The molecule has 0 saturated carbocycles. The number of amides is 1. The third kappa shape index (κ3) is 2.87. The molecule has 0 aliphatic carbocycles. The molecule has 0 heterocycles. The molecule has 4 heteroatoms. The Morgan fingerprint density at radius 2 is 1.94 bits per heavy atom.